The highest BCUT2D eigenvalue weighted by Crippen LogP contribution is 2.43. The van der Waals surface area contributed by atoms with Crippen molar-refractivity contribution in [1.82, 2.24) is 0 Å². The van der Waals surface area contributed by atoms with Gasteiger partial charge in [0.25, 0.3) is 0 Å². The van der Waals surface area contributed by atoms with Crippen LogP contribution in [0.25, 0.3) is 0 Å². The standard InChI is InChI=1S/C17H18FNO5S/c1-4-13(19)23-15(20)16(21)24-17-14(9(2)10(3)25-17)22-12-7-5-6-11(18)8-12/h5-8,13H,4,19H2,1-3H3. The van der Waals surface area contributed by atoms with Gasteiger partial charge in [0.05, 0.1) is 0 Å². The summed E-state index contributed by atoms with van der Waals surface area (Å²) in [6, 6.07) is 5.54. The average Bonchev–Trinajstić information content (AvgIpc) is 2.82. The Labute approximate surface area is 148 Å². The maximum atomic E-state index is 13.3. The number of benzene rings is 1. The highest BCUT2D eigenvalue weighted by Gasteiger charge is 2.25. The summed E-state index contributed by atoms with van der Waals surface area (Å²) in [6.07, 6.45) is -0.514. The number of carbonyl (C=O) groups excluding carboxylic acids is 2. The Balaban J connectivity index is 2.20. The summed E-state index contributed by atoms with van der Waals surface area (Å²) < 4.78 is 28.8. The van der Waals surface area contributed by atoms with Gasteiger partial charge in [-0.2, -0.15) is 0 Å². The fourth-order valence-corrected chi connectivity index (χ4v) is 2.73. The quantitative estimate of drug-likeness (QED) is 0.495. The van der Waals surface area contributed by atoms with E-state index in [1.165, 1.54) is 18.2 Å². The molecule has 0 radical (unpaired) electrons. The van der Waals surface area contributed by atoms with E-state index in [0.29, 0.717) is 6.42 Å². The van der Waals surface area contributed by atoms with Gasteiger partial charge < -0.3 is 14.2 Å². The van der Waals surface area contributed by atoms with Crippen molar-refractivity contribution in [2.75, 3.05) is 0 Å². The van der Waals surface area contributed by atoms with E-state index in [9.17, 15) is 14.0 Å². The summed E-state index contributed by atoms with van der Waals surface area (Å²) >= 11 is 1.13. The molecule has 8 heteroatoms. The summed E-state index contributed by atoms with van der Waals surface area (Å²) in [7, 11) is 0. The number of aryl methyl sites for hydroxylation is 1. The zero-order chi connectivity index (χ0) is 18.6. The number of esters is 2. The minimum absolute atomic E-state index is 0.0891. The molecule has 1 atom stereocenters. The third-order valence-electron chi connectivity index (χ3n) is 3.33. The Morgan fingerprint density at radius 2 is 2.00 bits per heavy atom. The highest BCUT2D eigenvalue weighted by atomic mass is 32.1. The minimum atomic E-state index is -1.20. The maximum Gasteiger partial charge on any atom is 0.423 e. The molecule has 0 aliphatic rings. The third kappa shape index (κ3) is 4.77. The van der Waals surface area contributed by atoms with Crippen LogP contribution < -0.4 is 15.2 Å². The van der Waals surface area contributed by atoms with E-state index in [0.717, 1.165) is 21.8 Å². The van der Waals surface area contributed by atoms with Gasteiger partial charge >= 0.3 is 11.9 Å². The Kier molecular flexibility index (Phi) is 6.11. The molecule has 1 unspecified atom stereocenters. The zero-order valence-electron chi connectivity index (χ0n) is 14.0. The van der Waals surface area contributed by atoms with E-state index in [1.807, 2.05) is 0 Å². The number of ether oxygens (including phenoxy) is 3. The lowest BCUT2D eigenvalue weighted by Crippen LogP contribution is -2.32. The molecule has 0 saturated carbocycles. The fourth-order valence-electron chi connectivity index (χ4n) is 1.80. The van der Waals surface area contributed by atoms with Crippen LogP contribution >= 0.6 is 11.3 Å². The molecule has 2 aromatic rings. The molecule has 134 valence electrons. The number of carbonyl (C=O) groups is 2. The second kappa shape index (κ2) is 8.09. The smallest absolute Gasteiger partial charge is 0.423 e. The second-order valence-electron chi connectivity index (χ2n) is 5.20. The lowest BCUT2D eigenvalue weighted by Gasteiger charge is -2.11. The van der Waals surface area contributed by atoms with Crippen molar-refractivity contribution in [3.05, 3.63) is 40.5 Å². The van der Waals surface area contributed by atoms with Crippen molar-refractivity contribution in [3.63, 3.8) is 0 Å². The molecule has 0 saturated heterocycles. The van der Waals surface area contributed by atoms with Crippen LogP contribution in [0.3, 0.4) is 0 Å². The summed E-state index contributed by atoms with van der Waals surface area (Å²) in [5, 5.41) is 0.0891. The number of hydrogen-bond acceptors (Lipinski definition) is 7. The average molecular weight is 367 g/mol. The monoisotopic (exact) mass is 367 g/mol. The topological polar surface area (TPSA) is 87.9 Å². The summed E-state index contributed by atoms with van der Waals surface area (Å²) in [5.74, 6) is -2.36. The molecule has 6 nitrogen and oxygen atoms in total. The molecular weight excluding hydrogens is 349 g/mol. The van der Waals surface area contributed by atoms with Gasteiger partial charge in [0.1, 0.15) is 11.6 Å². The maximum absolute atomic E-state index is 13.3. The van der Waals surface area contributed by atoms with Crippen LogP contribution in [0.2, 0.25) is 0 Å². The SMILES string of the molecule is CCC(N)OC(=O)C(=O)Oc1sc(C)c(C)c1Oc1cccc(F)c1. The first-order chi connectivity index (χ1) is 11.8. The Bertz CT molecular complexity index is 789. The van der Waals surface area contributed by atoms with Crippen LogP contribution in [0.15, 0.2) is 24.3 Å². The number of rotatable bonds is 5. The normalized spacial score (nSPS) is 11.7. The molecule has 0 spiro atoms. The van der Waals surface area contributed by atoms with Gasteiger partial charge in [-0.1, -0.05) is 24.3 Å². The zero-order valence-corrected chi connectivity index (χ0v) is 14.8. The first kappa shape index (κ1) is 18.9. The Morgan fingerprint density at radius 3 is 2.64 bits per heavy atom. The molecule has 2 N–H and O–H groups in total. The van der Waals surface area contributed by atoms with E-state index in [4.69, 9.17) is 19.9 Å². The van der Waals surface area contributed by atoms with Crippen LogP contribution in [-0.2, 0) is 14.3 Å². The molecule has 0 aliphatic heterocycles. The van der Waals surface area contributed by atoms with Gasteiger partial charge in [0.2, 0.25) is 5.06 Å². The first-order valence-electron chi connectivity index (χ1n) is 7.53. The summed E-state index contributed by atoms with van der Waals surface area (Å²) in [4.78, 5) is 24.4. The van der Waals surface area contributed by atoms with Gasteiger partial charge in [-0.15, -0.1) is 0 Å². The lowest BCUT2D eigenvalue weighted by atomic mass is 10.3. The van der Waals surface area contributed by atoms with E-state index >= 15 is 0 Å². The van der Waals surface area contributed by atoms with Crippen LogP contribution in [0.5, 0.6) is 16.6 Å². The molecule has 0 fully saturated rings. The number of thiophene rings is 1. The molecule has 2 rings (SSSR count). The number of nitrogens with two attached hydrogens (primary N) is 1. The first-order valence-corrected chi connectivity index (χ1v) is 8.35. The lowest BCUT2D eigenvalue weighted by molar-refractivity contribution is -0.165. The molecule has 25 heavy (non-hydrogen) atoms. The van der Waals surface area contributed by atoms with Gasteiger partial charge in [-0.05, 0) is 32.4 Å². The van der Waals surface area contributed by atoms with Crippen molar-refractivity contribution >= 4 is 23.3 Å². The van der Waals surface area contributed by atoms with Crippen LogP contribution in [0.4, 0.5) is 4.39 Å². The van der Waals surface area contributed by atoms with Crippen molar-refractivity contribution in [3.8, 4) is 16.6 Å². The largest absolute Gasteiger partial charge is 0.452 e. The van der Waals surface area contributed by atoms with Gasteiger partial charge in [0.15, 0.2) is 12.0 Å². The molecule has 1 aromatic carbocycles. The molecule has 1 aromatic heterocycles. The van der Waals surface area contributed by atoms with Gasteiger partial charge in [-0.3, -0.25) is 5.73 Å². The predicted molar refractivity (Wildman–Crippen MR) is 90.3 cm³/mol. The van der Waals surface area contributed by atoms with Gasteiger partial charge in [0, 0.05) is 16.5 Å². The third-order valence-corrected chi connectivity index (χ3v) is 4.40. The van der Waals surface area contributed by atoms with Crippen LogP contribution in [-0.4, -0.2) is 18.2 Å². The second-order valence-corrected chi connectivity index (χ2v) is 6.39. The molecule has 1 heterocycles. The predicted octanol–water partition coefficient (Wildman–Crippen LogP) is 3.44. The molecule has 0 aliphatic carbocycles. The van der Waals surface area contributed by atoms with Crippen molar-refractivity contribution < 1.29 is 28.2 Å². The highest BCUT2D eigenvalue weighted by molar-refractivity contribution is 7.14. The van der Waals surface area contributed by atoms with E-state index < -0.39 is 24.0 Å². The number of hydrogen-bond donors (Lipinski definition) is 1. The van der Waals surface area contributed by atoms with Crippen molar-refractivity contribution in [1.29, 1.82) is 0 Å². The van der Waals surface area contributed by atoms with E-state index in [-0.39, 0.29) is 16.6 Å². The van der Waals surface area contributed by atoms with Crippen LogP contribution in [0, 0.1) is 19.7 Å². The summed E-state index contributed by atoms with van der Waals surface area (Å²) in [6.45, 7) is 5.28. The Morgan fingerprint density at radius 1 is 1.28 bits per heavy atom. The molecule has 0 bridgehead atoms. The van der Waals surface area contributed by atoms with Crippen molar-refractivity contribution in [2.24, 2.45) is 5.73 Å². The van der Waals surface area contributed by atoms with Crippen LogP contribution in [0.1, 0.15) is 23.8 Å². The van der Waals surface area contributed by atoms with Gasteiger partial charge in [-0.25, -0.2) is 14.0 Å². The van der Waals surface area contributed by atoms with Crippen molar-refractivity contribution in [2.45, 2.75) is 33.4 Å². The fraction of sp³-hybridized carbons (Fsp3) is 0.294. The molecule has 0 amide bonds. The number of halogens is 1. The molecular formula is C17H18FNO5S. The van der Waals surface area contributed by atoms with E-state index in [1.54, 1.807) is 26.8 Å². The van der Waals surface area contributed by atoms with E-state index in [2.05, 4.69) is 0 Å². The summed E-state index contributed by atoms with van der Waals surface area (Å²) in [5.41, 5.74) is 6.19. The minimum Gasteiger partial charge on any atom is -0.452 e. The Hall–Kier alpha value is -2.45.